The van der Waals surface area contributed by atoms with Crippen LogP contribution in [-0.4, -0.2) is 32.0 Å². The summed E-state index contributed by atoms with van der Waals surface area (Å²) in [6.07, 6.45) is 0. The van der Waals surface area contributed by atoms with Gasteiger partial charge >= 0.3 is 0 Å². The predicted molar refractivity (Wildman–Crippen MR) is 120 cm³/mol. The zero-order valence-corrected chi connectivity index (χ0v) is 17.4. The molecular formula is C22H17N5O4S. The Hall–Kier alpha value is -4.18. The minimum atomic E-state index is -0.574. The number of non-ortho nitro benzene ring substituents is 1. The molecule has 1 heterocycles. The van der Waals surface area contributed by atoms with E-state index >= 15 is 0 Å². The fraction of sp³-hybridized carbons (Fsp3) is 0.0455. The van der Waals surface area contributed by atoms with Gasteiger partial charge < -0.3 is 0 Å². The van der Waals surface area contributed by atoms with E-state index in [0.29, 0.717) is 5.16 Å². The van der Waals surface area contributed by atoms with Gasteiger partial charge in [-0.15, -0.1) is 0 Å². The molecular weight excluding hydrogens is 430 g/mol. The second kappa shape index (κ2) is 9.31. The quantitative estimate of drug-likeness (QED) is 0.265. The van der Waals surface area contributed by atoms with Crippen LogP contribution in [0.25, 0.3) is 16.7 Å². The van der Waals surface area contributed by atoms with E-state index in [-0.39, 0.29) is 17.0 Å². The Balaban J connectivity index is 1.41. The Kier molecular flexibility index (Phi) is 6.13. The number of imidazole rings is 1. The normalized spacial score (nSPS) is 10.6. The molecule has 4 aromatic rings. The van der Waals surface area contributed by atoms with E-state index in [9.17, 15) is 19.7 Å². The number of carbonyl (C=O) groups excluding carboxylic acids is 2. The van der Waals surface area contributed by atoms with Crippen molar-refractivity contribution in [2.45, 2.75) is 5.16 Å². The molecule has 0 atom stereocenters. The molecule has 2 N–H and O–H groups in total. The summed E-state index contributed by atoms with van der Waals surface area (Å²) in [5.74, 6) is -0.969. The maximum atomic E-state index is 12.3. The van der Waals surface area contributed by atoms with Gasteiger partial charge in [0, 0.05) is 23.4 Å². The van der Waals surface area contributed by atoms with Crippen LogP contribution in [0.2, 0.25) is 0 Å². The molecule has 2 amide bonds. The van der Waals surface area contributed by atoms with Crippen molar-refractivity contribution >= 4 is 40.3 Å². The van der Waals surface area contributed by atoms with E-state index < -0.39 is 16.7 Å². The van der Waals surface area contributed by atoms with Crippen LogP contribution < -0.4 is 10.9 Å². The molecule has 0 bridgehead atoms. The molecule has 0 spiro atoms. The van der Waals surface area contributed by atoms with Crippen molar-refractivity contribution in [2.75, 3.05) is 5.75 Å². The van der Waals surface area contributed by atoms with Crippen molar-refractivity contribution in [3.8, 4) is 5.69 Å². The average Bonchev–Trinajstić information content (AvgIpc) is 3.20. The lowest BCUT2D eigenvalue weighted by molar-refractivity contribution is -0.384. The Morgan fingerprint density at radius 1 is 0.938 bits per heavy atom. The van der Waals surface area contributed by atoms with Crippen LogP contribution in [0.1, 0.15) is 10.4 Å². The number of benzene rings is 3. The minimum Gasteiger partial charge on any atom is -0.287 e. The zero-order valence-electron chi connectivity index (χ0n) is 16.6. The number of hydrazine groups is 1. The van der Waals surface area contributed by atoms with Gasteiger partial charge in [-0.25, -0.2) is 4.98 Å². The number of nitro groups is 1. The molecule has 0 radical (unpaired) electrons. The molecule has 32 heavy (non-hydrogen) atoms. The van der Waals surface area contributed by atoms with Gasteiger partial charge in [-0.2, -0.15) is 0 Å². The van der Waals surface area contributed by atoms with E-state index in [2.05, 4.69) is 15.8 Å². The molecule has 3 aromatic carbocycles. The molecule has 0 aliphatic rings. The number of nitrogens with zero attached hydrogens (tertiary/aromatic N) is 3. The van der Waals surface area contributed by atoms with Gasteiger partial charge in [0.15, 0.2) is 5.16 Å². The SMILES string of the molecule is O=C(CSc1nc2ccccc2n1-c1ccccc1)NNC(=O)c1ccc([N+](=O)[O-])cc1. The number of hydrogen-bond acceptors (Lipinski definition) is 6. The van der Waals surface area contributed by atoms with Crippen LogP contribution >= 0.6 is 11.8 Å². The number of fused-ring (bicyclic) bond motifs is 1. The fourth-order valence-corrected chi connectivity index (χ4v) is 3.85. The standard InChI is InChI=1S/C22H17N5O4S/c28-20(24-25-21(29)15-10-12-17(13-11-15)27(30)31)14-32-22-23-18-8-4-5-9-19(18)26(22)16-6-2-1-3-7-16/h1-13H,14H2,(H,24,28)(H,25,29). The Bertz CT molecular complexity index is 1290. The second-order valence-corrected chi connectivity index (χ2v) is 7.59. The average molecular weight is 447 g/mol. The number of nitrogens with one attached hydrogen (secondary N) is 2. The van der Waals surface area contributed by atoms with Gasteiger partial charge in [-0.05, 0) is 36.4 Å². The lowest BCUT2D eigenvalue weighted by Gasteiger charge is -2.10. The summed E-state index contributed by atoms with van der Waals surface area (Å²) >= 11 is 1.24. The highest BCUT2D eigenvalue weighted by Gasteiger charge is 2.15. The number of hydrogen-bond donors (Lipinski definition) is 2. The summed E-state index contributed by atoms with van der Waals surface area (Å²) in [6.45, 7) is 0. The van der Waals surface area contributed by atoms with Gasteiger partial charge in [0.1, 0.15) is 0 Å². The molecule has 10 heteroatoms. The van der Waals surface area contributed by atoms with Crippen LogP contribution in [0, 0.1) is 10.1 Å². The molecule has 160 valence electrons. The van der Waals surface area contributed by atoms with Crippen molar-refractivity contribution in [2.24, 2.45) is 0 Å². The summed E-state index contributed by atoms with van der Waals surface area (Å²) in [5.41, 5.74) is 7.39. The largest absolute Gasteiger partial charge is 0.287 e. The van der Waals surface area contributed by atoms with Crippen molar-refractivity contribution < 1.29 is 14.5 Å². The first-order chi connectivity index (χ1) is 15.5. The molecule has 0 unspecified atom stereocenters. The van der Waals surface area contributed by atoms with Crippen molar-refractivity contribution in [1.82, 2.24) is 20.4 Å². The van der Waals surface area contributed by atoms with Gasteiger partial charge in [0.05, 0.1) is 21.7 Å². The fourth-order valence-electron chi connectivity index (χ4n) is 3.03. The molecule has 0 saturated heterocycles. The molecule has 0 saturated carbocycles. The van der Waals surface area contributed by atoms with Crippen molar-refractivity contribution in [1.29, 1.82) is 0 Å². The molecule has 0 aliphatic heterocycles. The maximum absolute atomic E-state index is 12.3. The molecule has 0 fully saturated rings. The molecule has 0 aliphatic carbocycles. The van der Waals surface area contributed by atoms with Crippen molar-refractivity contribution in [3.05, 3.63) is 94.5 Å². The number of thioether (sulfide) groups is 1. The van der Waals surface area contributed by atoms with Crippen molar-refractivity contribution in [3.63, 3.8) is 0 Å². The summed E-state index contributed by atoms with van der Waals surface area (Å²) in [6, 6.07) is 22.5. The highest BCUT2D eigenvalue weighted by Crippen LogP contribution is 2.27. The molecule has 9 nitrogen and oxygen atoms in total. The van der Waals surface area contributed by atoms with Crippen LogP contribution in [0.15, 0.2) is 84.0 Å². The Morgan fingerprint density at radius 3 is 2.34 bits per heavy atom. The topological polar surface area (TPSA) is 119 Å². The number of para-hydroxylation sites is 3. The number of carbonyl (C=O) groups is 2. The first-order valence-electron chi connectivity index (χ1n) is 9.52. The summed E-state index contributed by atoms with van der Waals surface area (Å²) in [5, 5.41) is 11.3. The third-order valence-electron chi connectivity index (χ3n) is 4.53. The van der Waals surface area contributed by atoms with Crippen LogP contribution in [-0.2, 0) is 4.79 Å². The van der Waals surface area contributed by atoms with E-state index in [1.54, 1.807) is 0 Å². The van der Waals surface area contributed by atoms with Gasteiger partial charge in [0.25, 0.3) is 11.6 Å². The second-order valence-electron chi connectivity index (χ2n) is 6.65. The van der Waals surface area contributed by atoms with E-state index in [4.69, 9.17) is 0 Å². The highest BCUT2D eigenvalue weighted by atomic mass is 32.2. The van der Waals surface area contributed by atoms with Gasteiger partial charge in [-0.1, -0.05) is 42.1 Å². The lowest BCUT2D eigenvalue weighted by Crippen LogP contribution is -2.42. The number of nitro benzene ring substituents is 1. The van der Waals surface area contributed by atoms with Crippen LogP contribution in [0.4, 0.5) is 5.69 Å². The van der Waals surface area contributed by atoms with E-state index in [1.165, 1.54) is 36.0 Å². The summed E-state index contributed by atoms with van der Waals surface area (Å²) in [4.78, 5) is 39.2. The summed E-state index contributed by atoms with van der Waals surface area (Å²) < 4.78 is 1.97. The van der Waals surface area contributed by atoms with Crippen LogP contribution in [0.3, 0.4) is 0 Å². The lowest BCUT2D eigenvalue weighted by atomic mass is 10.2. The molecule has 4 rings (SSSR count). The first-order valence-corrected chi connectivity index (χ1v) is 10.5. The highest BCUT2D eigenvalue weighted by molar-refractivity contribution is 7.99. The Morgan fingerprint density at radius 2 is 1.62 bits per heavy atom. The predicted octanol–water partition coefficient (Wildman–Crippen LogP) is 3.49. The number of amides is 2. The van der Waals surface area contributed by atoms with Gasteiger partial charge in [-0.3, -0.25) is 35.1 Å². The number of rotatable bonds is 6. The van der Waals surface area contributed by atoms with Crippen LogP contribution in [0.5, 0.6) is 0 Å². The summed E-state index contributed by atoms with van der Waals surface area (Å²) in [7, 11) is 0. The number of aromatic nitrogens is 2. The Labute approximate surface area is 186 Å². The van der Waals surface area contributed by atoms with E-state index in [1.807, 2.05) is 59.2 Å². The minimum absolute atomic E-state index is 0.0245. The monoisotopic (exact) mass is 447 g/mol. The third kappa shape index (κ3) is 4.60. The third-order valence-corrected chi connectivity index (χ3v) is 5.47. The zero-order chi connectivity index (χ0) is 22.5. The smallest absolute Gasteiger partial charge is 0.269 e. The molecule has 1 aromatic heterocycles. The van der Waals surface area contributed by atoms with Gasteiger partial charge in [0.2, 0.25) is 5.91 Å². The maximum Gasteiger partial charge on any atom is 0.269 e. The first kappa shape index (κ1) is 21.1. The van der Waals surface area contributed by atoms with E-state index in [0.717, 1.165) is 16.7 Å².